The molecule has 1 amide bonds. The van der Waals surface area contributed by atoms with Crippen molar-refractivity contribution in [3.05, 3.63) is 71.1 Å². The number of carbonyl (C=O) groups excluding carboxylic acids is 1. The highest BCUT2D eigenvalue weighted by Gasteiger charge is 2.26. The Bertz CT molecular complexity index is 1020. The van der Waals surface area contributed by atoms with Crippen LogP contribution in [0.1, 0.15) is 6.92 Å². The molecule has 0 bridgehead atoms. The van der Waals surface area contributed by atoms with Crippen LogP contribution in [0.5, 0.6) is 5.75 Å². The van der Waals surface area contributed by atoms with Gasteiger partial charge in [0.25, 0.3) is 5.91 Å². The lowest BCUT2D eigenvalue weighted by Crippen LogP contribution is -2.52. The summed E-state index contributed by atoms with van der Waals surface area (Å²) < 4.78 is 11.0. The van der Waals surface area contributed by atoms with Gasteiger partial charge in [0, 0.05) is 49.4 Å². The number of benzene rings is 2. The highest BCUT2D eigenvalue weighted by atomic mass is 16.5. The second-order valence-corrected chi connectivity index (χ2v) is 6.86. The summed E-state index contributed by atoms with van der Waals surface area (Å²) in [7, 11) is 0. The topological polar surface area (TPSA) is 63.0 Å². The van der Waals surface area contributed by atoms with E-state index in [1.165, 1.54) is 11.8 Å². The molecule has 0 spiro atoms. The Morgan fingerprint density at radius 2 is 1.71 bits per heavy atom. The van der Waals surface area contributed by atoms with Gasteiger partial charge in [0.15, 0.2) is 6.10 Å². The van der Waals surface area contributed by atoms with Gasteiger partial charge in [-0.15, -0.1) is 0 Å². The summed E-state index contributed by atoms with van der Waals surface area (Å²) in [6.07, 6.45) is -0.615. The summed E-state index contributed by atoms with van der Waals surface area (Å²) in [4.78, 5) is 28.3. The van der Waals surface area contributed by atoms with Crippen LogP contribution in [0.3, 0.4) is 0 Å². The van der Waals surface area contributed by atoms with E-state index in [1.807, 2.05) is 29.2 Å². The van der Waals surface area contributed by atoms with Crippen LogP contribution in [0.15, 0.2) is 69.9 Å². The fourth-order valence-corrected chi connectivity index (χ4v) is 3.45. The number of rotatable bonds is 4. The average Bonchev–Trinajstić information content (AvgIpc) is 2.73. The zero-order valence-corrected chi connectivity index (χ0v) is 15.7. The van der Waals surface area contributed by atoms with Crippen LogP contribution >= 0.6 is 0 Å². The fourth-order valence-electron chi connectivity index (χ4n) is 3.45. The third-order valence-corrected chi connectivity index (χ3v) is 4.97. The van der Waals surface area contributed by atoms with Gasteiger partial charge >= 0.3 is 5.63 Å². The Balaban J connectivity index is 1.38. The lowest BCUT2D eigenvalue weighted by Gasteiger charge is -2.37. The molecular weight excluding hydrogens is 356 g/mol. The van der Waals surface area contributed by atoms with Crippen molar-refractivity contribution in [2.45, 2.75) is 13.0 Å². The molecule has 28 heavy (non-hydrogen) atoms. The summed E-state index contributed by atoms with van der Waals surface area (Å²) in [5.74, 6) is 0.466. The van der Waals surface area contributed by atoms with Gasteiger partial charge in [-0.05, 0) is 37.3 Å². The molecule has 0 N–H and O–H groups in total. The van der Waals surface area contributed by atoms with Crippen molar-refractivity contribution < 1.29 is 13.9 Å². The van der Waals surface area contributed by atoms with Gasteiger partial charge in [0.2, 0.25) is 0 Å². The molecule has 3 aromatic rings. The summed E-state index contributed by atoms with van der Waals surface area (Å²) in [6.45, 7) is 4.66. The van der Waals surface area contributed by atoms with E-state index in [0.717, 1.165) is 18.5 Å². The third-order valence-electron chi connectivity index (χ3n) is 4.97. The Morgan fingerprint density at radius 1 is 1.00 bits per heavy atom. The van der Waals surface area contributed by atoms with Crippen molar-refractivity contribution in [2.75, 3.05) is 31.1 Å². The average molecular weight is 378 g/mol. The largest absolute Gasteiger partial charge is 0.481 e. The number of para-hydroxylation sites is 1. The predicted molar refractivity (Wildman–Crippen MR) is 108 cm³/mol. The van der Waals surface area contributed by atoms with Crippen LogP contribution in [0.25, 0.3) is 11.0 Å². The molecule has 0 aliphatic carbocycles. The summed E-state index contributed by atoms with van der Waals surface area (Å²) in [6, 6.07) is 18.5. The molecule has 1 aliphatic rings. The van der Waals surface area contributed by atoms with Crippen molar-refractivity contribution in [1.82, 2.24) is 4.90 Å². The molecule has 1 aromatic heterocycles. The standard InChI is InChI=1S/C22H22N2O4/c1-16(27-19-9-7-17-8-10-21(25)28-20(17)15-19)22(26)24-13-11-23(12-14-24)18-5-3-2-4-6-18/h2-10,15-16H,11-14H2,1H3. The minimum absolute atomic E-state index is 0.0395. The molecule has 0 saturated carbocycles. The molecule has 144 valence electrons. The van der Waals surface area contributed by atoms with Gasteiger partial charge in [-0.25, -0.2) is 4.79 Å². The smallest absolute Gasteiger partial charge is 0.336 e. The van der Waals surface area contributed by atoms with Gasteiger partial charge in [-0.3, -0.25) is 4.79 Å². The predicted octanol–water partition coefficient (Wildman–Crippen LogP) is 2.91. The maximum atomic E-state index is 12.8. The fraction of sp³-hybridized carbons (Fsp3) is 0.273. The lowest BCUT2D eigenvalue weighted by atomic mass is 10.2. The van der Waals surface area contributed by atoms with Gasteiger partial charge in [-0.1, -0.05) is 18.2 Å². The number of amides is 1. The molecular formula is C22H22N2O4. The van der Waals surface area contributed by atoms with E-state index in [1.54, 1.807) is 25.1 Å². The van der Waals surface area contributed by atoms with Gasteiger partial charge in [0.1, 0.15) is 11.3 Å². The zero-order chi connectivity index (χ0) is 19.5. The highest BCUT2D eigenvalue weighted by Crippen LogP contribution is 2.21. The molecule has 6 nitrogen and oxygen atoms in total. The third kappa shape index (κ3) is 3.86. The molecule has 1 saturated heterocycles. The number of nitrogens with zero attached hydrogens (tertiary/aromatic N) is 2. The van der Waals surface area contributed by atoms with E-state index in [2.05, 4.69) is 17.0 Å². The Hall–Kier alpha value is -3.28. The van der Waals surface area contributed by atoms with Crippen molar-refractivity contribution in [3.8, 4) is 5.75 Å². The highest BCUT2D eigenvalue weighted by molar-refractivity contribution is 5.82. The van der Waals surface area contributed by atoms with Crippen LogP contribution in [0, 0.1) is 0 Å². The zero-order valence-electron chi connectivity index (χ0n) is 15.7. The number of anilines is 1. The molecule has 1 unspecified atom stereocenters. The number of hydrogen-bond acceptors (Lipinski definition) is 5. The molecule has 1 aliphatic heterocycles. The maximum Gasteiger partial charge on any atom is 0.336 e. The monoisotopic (exact) mass is 378 g/mol. The van der Waals surface area contributed by atoms with Crippen molar-refractivity contribution >= 4 is 22.6 Å². The van der Waals surface area contributed by atoms with E-state index in [0.29, 0.717) is 24.4 Å². The SMILES string of the molecule is CC(Oc1ccc2ccc(=O)oc2c1)C(=O)N1CCN(c2ccccc2)CC1. The minimum atomic E-state index is -0.615. The first kappa shape index (κ1) is 18.1. The van der Waals surface area contributed by atoms with Gasteiger partial charge in [0.05, 0.1) is 0 Å². The van der Waals surface area contributed by atoms with E-state index >= 15 is 0 Å². The van der Waals surface area contributed by atoms with Crippen molar-refractivity contribution in [1.29, 1.82) is 0 Å². The number of piperazine rings is 1. The van der Waals surface area contributed by atoms with Gasteiger partial charge < -0.3 is 19.0 Å². The Labute approximate surface area is 162 Å². The van der Waals surface area contributed by atoms with Crippen LogP contribution in [0.4, 0.5) is 5.69 Å². The van der Waals surface area contributed by atoms with E-state index in [-0.39, 0.29) is 5.91 Å². The van der Waals surface area contributed by atoms with E-state index < -0.39 is 11.7 Å². The molecule has 2 heterocycles. The molecule has 6 heteroatoms. The second-order valence-electron chi connectivity index (χ2n) is 6.86. The van der Waals surface area contributed by atoms with E-state index in [4.69, 9.17) is 9.15 Å². The van der Waals surface area contributed by atoms with Crippen LogP contribution in [-0.4, -0.2) is 43.1 Å². The summed E-state index contributed by atoms with van der Waals surface area (Å²) in [5.41, 5.74) is 1.21. The lowest BCUT2D eigenvalue weighted by molar-refractivity contribution is -0.138. The van der Waals surface area contributed by atoms with E-state index in [9.17, 15) is 9.59 Å². The second kappa shape index (κ2) is 7.76. The first-order chi connectivity index (χ1) is 13.6. The number of hydrogen-bond donors (Lipinski definition) is 0. The molecule has 0 radical (unpaired) electrons. The normalized spacial score (nSPS) is 15.5. The summed E-state index contributed by atoms with van der Waals surface area (Å²) >= 11 is 0. The quantitative estimate of drug-likeness (QED) is 0.653. The Kier molecular flexibility index (Phi) is 5.02. The number of ether oxygens (including phenoxy) is 1. The Morgan fingerprint density at radius 3 is 2.46 bits per heavy atom. The molecule has 2 aromatic carbocycles. The van der Waals surface area contributed by atoms with Crippen molar-refractivity contribution in [3.63, 3.8) is 0 Å². The first-order valence-corrected chi connectivity index (χ1v) is 9.39. The maximum absolute atomic E-state index is 12.8. The number of carbonyl (C=O) groups is 1. The first-order valence-electron chi connectivity index (χ1n) is 9.39. The van der Waals surface area contributed by atoms with Crippen molar-refractivity contribution in [2.24, 2.45) is 0 Å². The van der Waals surface area contributed by atoms with Crippen LogP contribution in [-0.2, 0) is 4.79 Å². The molecule has 4 rings (SSSR count). The molecule has 1 atom stereocenters. The number of fused-ring (bicyclic) bond motifs is 1. The minimum Gasteiger partial charge on any atom is -0.481 e. The van der Waals surface area contributed by atoms with Gasteiger partial charge in [-0.2, -0.15) is 0 Å². The molecule has 1 fully saturated rings. The van der Waals surface area contributed by atoms with Crippen LogP contribution < -0.4 is 15.3 Å². The van der Waals surface area contributed by atoms with Crippen LogP contribution in [0.2, 0.25) is 0 Å². The summed E-state index contributed by atoms with van der Waals surface area (Å²) in [5, 5.41) is 0.808.